The molecule has 1 N–H and O–H groups in total. The van der Waals surface area contributed by atoms with Gasteiger partial charge < -0.3 is 4.90 Å². The molecule has 1 fully saturated rings. The maximum atomic E-state index is 12.0. The van der Waals surface area contributed by atoms with Crippen LogP contribution < -0.4 is 5.32 Å². The highest BCUT2D eigenvalue weighted by Gasteiger charge is 2.25. The summed E-state index contributed by atoms with van der Waals surface area (Å²) in [5.41, 5.74) is 2.85. The van der Waals surface area contributed by atoms with Crippen molar-refractivity contribution < 1.29 is 4.79 Å². The number of nitrogens with one attached hydrogen (secondary N) is 1. The lowest BCUT2D eigenvalue weighted by Gasteiger charge is -2.20. The molecule has 1 aliphatic heterocycles. The first-order valence-corrected chi connectivity index (χ1v) is 7.17. The van der Waals surface area contributed by atoms with E-state index in [1.54, 1.807) is 28.0 Å². The van der Waals surface area contributed by atoms with Gasteiger partial charge >= 0.3 is 0 Å². The lowest BCUT2D eigenvalue weighted by Crippen LogP contribution is -2.42. The van der Waals surface area contributed by atoms with E-state index in [1.807, 2.05) is 19.5 Å². The number of hydrogen-bond donors (Lipinski definition) is 1. The minimum Gasteiger partial charge on any atom is -0.339 e. The number of thiazole rings is 1. The zero-order chi connectivity index (χ0) is 11.5. The molecule has 0 aromatic carbocycles. The summed E-state index contributed by atoms with van der Waals surface area (Å²) in [5, 5.41) is 3.19. The van der Waals surface area contributed by atoms with Gasteiger partial charge in [-0.05, 0) is 6.92 Å². The first-order valence-electron chi connectivity index (χ1n) is 5.13. The van der Waals surface area contributed by atoms with E-state index in [2.05, 4.69) is 10.3 Å². The van der Waals surface area contributed by atoms with E-state index in [4.69, 9.17) is 0 Å². The molecule has 2 rings (SSSR count). The normalized spacial score (nSPS) is 20.0. The molecule has 1 saturated heterocycles. The predicted molar refractivity (Wildman–Crippen MR) is 67.6 cm³/mol. The summed E-state index contributed by atoms with van der Waals surface area (Å²) < 4.78 is 0. The Morgan fingerprint density at radius 2 is 2.56 bits per heavy atom. The second-order valence-corrected chi connectivity index (χ2v) is 5.80. The van der Waals surface area contributed by atoms with Crippen molar-refractivity contribution in [1.29, 1.82) is 0 Å². The topological polar surface area (TPSA) is 45.2 Å². The zero-order valence-electron chi connectivity index (χ0n) is 9.40. The molecule has 88 valence electrons. The maximum Gasteiger partial charge on any atom is 0.240 e. The quantitative estimate of drug-likeness (QED) is 0.880. The Balaban J connectivity index is 1.94. The minimum absolute atomic E-state index is 0.0109. The van der Waals surface area contributed by atoms with Crippen LogP contribution >= 0.6 is 23.1 Å². The van der Waals surface area contributed by atoms with Gasteiger partial charge in [0.25, 0.3) is 0 Å². The Labute approximate surface area is 103 Å². The van der Waals surface area contributed by atoms with Gasteiger partial charge in [-0.25, -0.2) is 4.98 Å². The first-order chi connectivity index (χ1) is 7.68. The number of aromatic nitrogens is 1. The van der Waals surface area contributed by atoms with Gasteiger partial charge in [-0.1, -0.05) is 0 Å². The molecule has 1 aliphatic rings. The average Bonchev–Trinajstić information content (AvgIpc) is 2.89. The third kappa shape index (κ3) is 2.56. The van der Waals surface area contributed by atoms with Gasteiger partial charge in [0, 0.05) is 23.6 Å². The largest absolute Gasteiger partial charge is 0.339 e. The monoisotopic (exact) mass is 257 g/mol. The lowest BCUT2D eigenvalue weighted by molar-refractivity contribution is -0.131. The van der Waals surface area contributed by atoms with E-state index < -0.39 is 0 Å². The van der Waals surface area contributed by atoms with Crippen molar-refractivity contribution in [3.63, 3.8) is 0 Å². The summed E-state index contributed by atoms with van der Waals surface area (Å²) in [6, 6.07) is -0.0109. The standard InChI is InChI=1S/C10H15N3OS2/c1-7-9(16-6-11-7)3-13(2)10(14)8-4-15-5-12-8/h6,8,12H,3-5H2,1-2H3. The van der Waals surface area contributed by atoms with Crippen molar-refractivity contribution >= 4 is 29.0 Å². The Morgan fingerprint density at radius 1 is 1.75 bits per heavy atom. The van der Waals surface area contributed by atoms with Crippen molar-refractivity contribution in [2.24, 2.45) is 0 Å². The van der Waals surface area contributed by atoms with E-state index in [-0.39, 0.29) is 11.9 Å². The maximum absolute atomic E-state index is 12.0. The van der Waals surface area contributed by atoms with Crippen molar-refractivity contribution in [2.75, 3.05) is 18.7 Å². The van der Waals surface area contributed by atoms with Crippen LogP contribution in [0.1, 0.15) is 10.6 Å². The zero-order valence-corrected chi connectivity index (χ0v) is 11.0. The summed E-state index contributed by atoms with van der Waals surface area (Å²) >= 11 is 3.38. The molecular formula is C10H15N3OS2. The van der Waals surface area contributed by atoms with Gasteiger partial charge in [0.05, 0.1) is 23.8 Å². The molecule has 0 saturated carbocycles. The molecule has 4 nitrogen and oxygen atoms in total. The average molecular weight is 257 g/mol. The second-order valence-electron chi connectivity index (χ2n) is 3.83. The highest BCUT2D eigenvalue weighted by molar-refractivity contribution is 7.99. The van der Waals surface area contributed by atoms with Gasteiger partial charge in [-0.15, -0.1) is 23.1 Å². The number of hydrogen-bond acceptors (Lipinski definition) is 5. The van der Waals surface area contributed by atoms with Crippen LogP contribution in [0.15, 0.2) is 5.51 Å². The molecule has 0 aliphatic carbocycles. The van der Waals surface area contributed by atoms with Gasteiger partial charge in [0.15, 0.2) is 0 Å². The molecule has 0 radical (unpaired) electrons. The van der Waals surface area contributed by atoms with Gasteiger partial charge in [0.1, 0.15) is 0 Å². The highest BCUT2D eigenvalue weighted by atomic mass is 32.2. The summed E-state index contributed by atoms with van der Waals surface area (Å²) in [6.45, 7) is 2.64. The molecule has 0 spiro atoms. The first kappa shape index (κ1) is 11.9. The Morgan fingerprint density at radius 3 is 3.12 bits per heavy atom. The van der Waals surface area contributed by atoms with E-state index in [0.717, 1.165) is 17.3 Å². The van der Waals surface area contributed by atoms with Crippen LogP contribution in [-0.4, -0.2) is 40.5 Å². The summed E-state index contributed by atoms with van der Waals surface area (Å²) in [4.78, 5) is 19.2. The number of likely N-dealkylation sites (N-methyl/N-ethyl adjacent to an activating group) is 1. The molecular weight excluding hydrogens is 242 g/mol. The van der Waals surface area contributed by atoms with Crippen LogP contribution in [0.5, 0.6) is 0 Å². The summed E-state index contributed by atoms with van der Waals surface area (Å²) in [6.07, 6.45) is 0. The molecule has 2 heterocycles. The lowest BCUT2D eigenvalue weighted by atomic mass is 10.3. The number of thioether (sulfide) groups is 1. The fraction of sp³-hybridized carbons (Fsp3) is 0.600. The van der Waals surface area contributed by atoms with Gasteiger partial charge in [-0.2, -0.15) is 0 Å². The third-order valence-corrected chi connectivity index (χ3v) is 4.48. The Hall–Kier alpha value is -0.590. The van der Waals surface area contributed by atoms with Gasteiger partial charge in [-0.3, -0.25) is 10.1 Å². The highest BCUT2D eigenvalue weighted by Crippen LogP contribution is 2.16. The van der Waals surface area contributed by atoms with E-state index in [9.17, 15) is 4.79 Å². The van der Waals surface area contributed by atoms with Crippen LogP contribution in [0.2, 0.25) is 0 Å². The van der Waals surface area contributed by atoms with E-state index in [0.29, 0.717) is 6.54 Å². The molecule has 6 heteroatoms. The fourth-order valence-electron chi connectivity index (χ4n) is 1.59. The van der Waals surface area contributed by atoms with Crippen LogP contribution in [0.3, 0.4) is 0 Å². The summed E-state index contributed by atoms with van der Waals surface area (Å²) in [7, 11) is 1.85. The SMILES string of the molecule is Cc1ncsc1CN(C)C(=O)C1CSCN1. The predicted octanol–water partition coefficient (Wildman–Crippen LogP) is 1.07. The smallest absolute Gasteiger partial charge is 0.240 e. The van der Waals surface area contributed by atoms with Crippen LogP contribution in [0.4, 0.5) is 0 Å². The molecule has 1 amide bonds. The molecule has 0 bridgehead atoms. The van der Waals surface area contributed by atoms with Crippen LogP contribution in [-0.2, 0) is 11.3 Å². The second kappa shape index (κ2) is 5.16. The number of nitrogens with zero attached hydrogens (tertiary/aromatic N) is 2. The number of carbonyl (C=O) groups excluding carboxylic acids is 1. The Kier molecular flexibility index (Phi) is 3.83. The van der Waals surface area contributed by atoms with E-state index >= 15 is 0 Å². The van der Waals surface area contributed by atoms with Crippen molar-refractivity contribution in [3.8, 4) is 0 Å². The number of carbonyl (C=O) groups is 1. The number of rotatable bonds is 3. The molecule has 1 aromatic heterocycles. The number of aryl methyl sites for hydroxylation is 1. The number of amides is 1. The van der Waals surface area contributed by atoms with Crippen molar-refractivity contribution in [1.82, 2.24) is 15.2 Å². The minimum atomic E-state index is -0.0109. The van der Waals surface area contributed by atoms with Crippen molar-refractivity contribution in [3.05, 3.63) is 16.1 Å². The van der Waals surface area contributed by atoms with Gasteiger partial charge in [0.2, 0.25) is 5.91 Å². The van der Waals surface area contributed by atoms with Crippen LogP contribution in [0.25, 0.3) is 0 Å². The fourth-order valence-corrected chi connectivity index (χ4v) is 3.35. The molecule has 1 atom stereocenters. The molecule has 1 aromatic rings. The van der Waals surface area contributed by atoms with Crippen molar-refractivity contribution in [2.45, 2.75) is 19.5 Å². The molecule has 16 heavy (non-hydrogen) atoms. The van der Waals surface area contributed by atoms with E-state index in [1.165, 1.54) is 4.88 Å². The molecule has 1 unspecified atom stereocenters. The Bertz CT molecular complexity index is 374. The third-order valence-electron chi connectivity index (χ3n) is 2.62. The van der Waals surface area contributed by atoms with Crippen LogP contribution in [0, 0.1) is 6.92 Å². The summed E-state index contributed by atoms with van der Waals surface area (Å²) in [5.74, 6) is 1.94.